The van der Waals surface area contributed by atoms with Crippen molar-refractivity contribution in [1.29, 1.82) is 0 Å². The van der Waals surface area contributed by atoms with Gasteiger partial charge in [0.15, 0.2) is 11.5 Å². The molecule has 0 aromatic heterocycles. The molecule has 1 aromatic rings. The maximum atomic E-state index is 13.2. The molecule has 0 spiro atoms. The van der Waals surface area contributed by atoms with Gasteiger partial charge in [-0.05, 0) is 56.8 Å². The highest BCUT2D eigenvalue weighted by Gasteiger charge is 2.39. The fourth-order valence-corrected chi connectivity index (χ4v) is 5.87. The van der Waals surface area contributed by atoms with Crippen LogP contribution >= 0.6 is 0 Å². The average Bonchev–Trinajstić information content (AvgIpc) is 3.20. The maximum Gasteiger partial charge on any atom is 0.227 e. The molecule has 0 saturated carbocycles. The van der Waals surface area contributed by atoms with Gasteiger partial charge in [0.1, 0.15) is 13.2 Å². The Balaban J connectivity index is 1.22. The second kappa shape index (κ2) is 8.69. The first kappa shape index (κ1) is 20.6. The number of nitrogens with zero attached hydrogens (tertiary/aromatic N) is 3. The Bertz CT molecular complexity index is 842. The molecule has 3 fully saturated rings. The van der Waals surface area contributed by atoms with E-state index in [1.807, 2.05) is 30.1 Å². The summed E-state index contributed by atoms with van der Waals surface area (Å²) in [4.78, 5) is 32.2. The van der Waals surface area contributed by atoms with Crippen molar-refractivity contribution in [3.8, 4) is 11.5 Å². The van der Waals surface area contributed by atoms with Crippen molar-refractivity contribution in [2.24, 2.45) is 11.8 Å². The van der Waals surface area contributed by atoms with Gasteiger partial charge in [-0.25, -0.2) is 0 Å². The largest absolute Gasteiger partial charge is 0.486 e. The van der Waals surface area contributed by atoms with Crippen molar-refractivity contribution < 1.29 is 19.1 Å². The number of rotatable bonds is 4. The number of carbonyl (C=O) groups excluding carboxylic acids is 2. The van der Waals surface area contributed by atoms with Gasteiger partial charge in [0, 0.05) is 44.4 Å². The standard InChI is InChI=1S/C24H33N3O4/c1-25(15-17-5-4-10-26-9-3-2-6-20(17)26)24(29)18-13-23(28)27(16-18)19-7-8-21-22(14-19)31-12-11-30-21/h7-8,14,17-18,20H,2-6,9-13,15-16H2,1H3. The number of hydrogen-bond acceptors (Lipinski definition) is 5. The second-order valence-electron chi connectivity index (χ2n) is 9.45. The van der Waals surface area contributed by atoms with Crippen molar-refractivity contribution >= 4 is 17.5 Å². The lowest BCUT2D eigenvalue weighted by Crippen LogP contribution is -2.51. The number of ether oxygens (including phenoxy) is 2. The first-order valence-corrected chi connectivity index (χ1v) is 11.8. The minimum Gasteiger partial charge on any atom is -0.486 e. The van der Waals surface area contributed by atoms with Crippen molar-refractivity contribution in [3.05, 3.63) is 18.2 Å². The molecule has 0 N–H and O–H groups in total. The zero-order valence-electron chi connectivity index (χ0n) is 18.4. The maximum absolute atomic E-state index is 13.2. The normalized spacial score (nSPS) is 28.4. The Morgan fingerprint density at radius 1 is 1.10 bits per heavy atom. The minimum atomic E-state index is -0.281. The van der Waals surface area contributed by atoms with E-state index >= 15 is 0 Å². The van der Waals surface area contributed by atoms with Crippen molar-refractivity contribution in [2.75, 3.05) is 51.3 Å². The van der Waals surface area contributed by atoms with E-state index in [1.165, 1.54) is 45.2 Å². The quantitative estimate of drug-likeness (QED) is 0.739. The van der Waals surface area contributed by atoms with E-state index in [-0.39, 0.29) is 24.2 Å². The fraction of sp³-hybridized carbons (Fsp3) is 0.667. The van der Waals surface area contributed by atoms with Crippen LogP contribution in [-0.4, -0.2) is 74.1 Å². The van der Waals surface area contributed by atoms with Gasteiger partial charge in [-0.3, -0.25) is 9.59 Å². The number of anilines is 1. The predicted molar refractivity (Wildman–Crippen MR) is 117 cm³/mol. The number of hydrogen-bond donors (Lipinski definition) is 0. The van der Waals surface area contributed by atoms with Crippen LogP contribution in [0.25, 0.3) is 0 Å². The van der Waals surface area contributed by atoms with Crippen LogP contribution in [-0.2, 0) is 9.59 Å². The first-order chi connectivity index (χ1) is 15.1. The second-order valence-corrected chi connectivity index (χ2v) is 9.45. The van der Waals surface area contributed by atoms with E-state index < -0.39 is 0 Å². The Kier molecular flexibility index (Phi) is 5.78. The zero-order valence-corrected chi connectivity index (χ0v) is 18.4. The molecule has 31 heavy (non-hydrogen) atoms. The molecule has 5 rings (SSSR count). The van der Waals surface area contributed by atoms with Gasteiger partial charge in [-0.1, -0.05) is 6.42 Å². The summed E-state index contributed by atoms with van der Waals surface area (Å²) in [6.07, 6.45) is 6.56. The van der Waals surface area contributed by atoms with Gasteiger partial charge >= 0.3 is 0 Å². The van der Waals surface area contributed by atoms with Gasteiger partial charge in [0.05, 0.1) is 5.92 Å². The highest BCUT2D eigenvalue weighted by molar-refractivity contribution is 6.00. The fourth-order valence-electron chi connectivity index (χ4n) is 5.87. The van der Waals surface area contributed by atoms with Crippen molar-refractivity contribution in [2.45, 2.75) is 44.6 Å². The van der Waals surface area contributed by atoms with Crippen molar-refractivity contribution in [3.63, 3.8) is 0 Å². The molecule has 1 aromatic carbocycles. The van der Waals surface area contributed by atoms with Gasteiger partial charge in [-0.2, -0.15) is 0 Å². The summed E-state index contributed by atoms with van der Waals surface area (Å²) in [6, 6.07) is 6.19. The Labute approximate surface area is 184 Å². The molecule has 2 amide bonds. The SMILES string of the molecule is CN(CC1CCCN2CCCCC12)C(=O)C1CC(=O)N(c2ccc3c(c2)OCCO3)C1. The monoisotopic (exact) mass is 427 g/mol. The molecule has 7 nitrogen and oxygen atoms in total. The third-order valence-corrected chi connectivity index (χ3v) is 7.42. The lowest BCUT2D eigenvalue weighted by Gasteiger charge is -2.45. The number of amides is 2. The summed E-state index contributed by atoms with van der Waals surface area (Å²) in [5.41, 5.74) is 0.775. The summed E-state index contributed by atoms with van der Waals surface area (Å²) in [5, 5.41) is 0. The molecule has 0 bridgehead atoms. The smallest absolute Gasteiger partial charge is 0.227 e. The third kappa shape index (κ3) is 4.12. The zero-order chi connectivity index (χ0) is 21.4. The Hall–Kier alpha value is -2.28. The minimum absolute atomic E-state index is 0.000417. The van der Waals surface area contributed by atoms with Crippen LogP contribution in [0.15, 0.2) is 18.2 Å². The number of fused-ring (bicyclic) bond motifs is 2. The number of carbonyl (C=O) groups is 2. The van der Waals surface area contributed by atoms with Gasteiger partial charge in [0.2, 0.25) is 11.8 Å². The average molecular weight is 428 g/mol. The van der Waals surface area contributed by atoms with Gasteiger partial charge in [-0.15, -0.1) is 0 Å². The molecule has 4 aliphatic heterocycles. The van der Waals surface area contributed by atoms with Crippen molar-refractivity contribution in [1.82, 2.24) is 9.80 Å². The van der Waals surface area contributed by atoms with E-state index in [0.29, 0.717) is 43.2 Å². The summed E-state index contributed by atoms with van der Waals surface area (Å²) in [7, 11) is 1.92. The van der Waals surface area contributed by atoms with Crippen LogP contribution in [0.4, 0.5) is 5.69 Å². The van der Waals surface area contributed by atoms with Gasteiger partial charge in [0.25, 0.3) is 0 Å². The van der Waals surface area contributed by atoms with Crippen LogP contribution in [0, 0.1) is 11.8 Å². The van der Waals surface area contributed by atoms with E-state index in [9.17, 15) is 9.59 Å². The Morgan fingerprint density at radius 2 is 1.90 bits per heavy atom. The molecular weight excluding hydrogens is 394 g/mol. The lowest BCUT2D eigenvalue weighted by molar-refractivity contribution is -0.135. The third-order valence-electron chi connectivity index (χ3n) is 7.42. The van der Waals surface area contributed by atoms with E-state index in [0.717, 1.165) is 12.2 Å². The van der Waals surface area contributed by atoms with Gasteiger partial charge < -0.3 is 24.2 Å². The molecule has 4 aliphatic rings. The molecular formula is C24H33N3O4. The molecule has 7 heteroatoms. The molecule has 0 aliphatic carbocycles. The molecule has 4 heterocycles. The summed E-state index contributed by atoms with van der Waals surface area (Å²) in [6.45, 7) is 4.70. The summed E-state index contributed by atoms with van der Waals surface area (Å²) in [5.74, 6) is 1.74. The van der Waals surface area contributed by atoms with Crippen LogP contribution in [0.5, 0.6) is 11.5 Å². The predicted octanol–water partition coefficient (Wildman–Crippen LogP) is 2.53. The molecule has 3 saturated heterocycles. The molecule has 0 radical (unpaired) electrons. The lowest BCUT2D eigenvalue weighted by atomic mass is 9.83. The van der Waals surface area contributed by atoms with Crippen LogP contribution in [0.2, 0.25) is 0 Å². The highest BCUT2D eigenvalue weighted by atomic mass is 16.6. The molecule has 3 unspecified atom stereocenters. The highest BCUT2D eigenvalue weighted by Crippen LogP contribution is 2.36. The topological polar surface area (TPSA) is 62.3 Å². The Morgan fingerprint density at radius 3 is 2.77 bits per heavy atom. The first-order valence-electron chi connectivity index (χ1n) is 11.8. The summed E-state index contributed by atoms with van der Waals surface area (Å²) >= 11 is 0. The summed E-state index contributed by atoms with van der Waals surface area (Å²) < 4.78 is 11.2. The molecule has 168 valence electrons. The van der Waals surface area contributed by atoms with E-state index in [2.05, 4.69) is 4.90 Å². The molecule has 3 atom stereocenters. The van der Waals surface area contributed by atoms with Crippen LogP contribution in [0.1, 0.15) is 38.5 Å². The van der Waals surface area contributed by atoms with E-state index in [1.54, 1.807) is 4.90 Å². The number of benzene rings is 1. The van der Waals surface area contributed by atoms with E-state index in [4.69, 9.17) is 9.47 Å². The van der Waals surface area contributed by atoms with Crippen LogP contribution in [0.3, 0.4) is 0 Å². The number of piperidine rings is 2. The van der Waals surface area contributed by atoms with Crippen LogP contribution < -0.4 is 14.4 Å².